The first-order valence-corrected chi connectivity index (χ1v) is 19.7. The highest BCUT2D eigenvalue weighted by atomic mass is 16.6. The Morgan fingerprint density at radius 3 is 1.95 bits per heavy atom. The number of hydrogen-bond donors (Lipinski definition) is 1. The van der Waals surface area contributed by atoms with Crippen LogP contribution in [-0.2, 0) is 30.3 Å². The van der Waals surface area contributed by atoms with E-state index in [0.717, 1.165) is 24.0 Å². The van der Waals surface area contributed by atoms with Gasteiger partial charge in [-0.25, -0.2) is 0 Å². The van der Waals surface area contributed by atoms with E-state index >= 15 is 0 Å². The molecule has 0 aliphatic heterocycles. The average molecular weight is 773 g/mol. The number of rotatable bonds is 22. The highest BCUT2D eigenvalue weighted by Crippen LogP contribution is 2.33. The smallest absolute Gasteiger partial charge is 0.308 e. The molecule has 11 heteroatoms. The fourth-order valence-electron chi connectivity index (χ4n) is 6.23. The number of carbonyl (C=O) groups excluding carboxylic acids is 4. The molecular formula is C45H64N4O7. The Bertz CT molecular complexity index is 1670. The summed E-state index contributed by atoms with van der Waals surface area (Å²) in [7, 11) is 3.14. The van der Waals surface area contributed by atoms with Gasteiger partial charge in [0.2, 0.25) is 17.7 Å². The molecule has 1 atom stereocenters. The van der Waals surface area contributed by atoms with Crippen LogP contribution in [0.2, 0.25) is 0 Å². The molecule has 0 fully saturated rings. The van der Waals surface area contributed by atoms with Crippen molar-refractivity contribution in [2.45, 2.75) is 79.4 Å². The van der Waals surface area contributed by atoms with Crippen molar-refractivity contribution in [2.24, 2.45) is 11.8 Å². The molecule has 11 nitrogen and oxygen atoms in total. The summed E-state index contributed by atoms with van der Waals surface area (Å²) in [6.45, 7) is 14.9. The number of ether oxygens (including phenoxy) is 3. The number of hydrogen-bond acceptors (Lipinski definition) is 8. The second-order valence-corrected chi connectivity index (χ2v) is 16.0. The van der Waals surface area contributed by atoms with Gasteiger partial charge in [0.05, 0.1) is 46.3 Å². The van der Waals surface area contributed by atoms with Crippen molar-refractivity contribution in [1.82, 2.24) is 20.0 Å². The molecule has 0 aliphatic rings. The van der Waals surface area contributed by atoms with Crippen LogP contribution in [0.1, 0.15) is 84.0 Å². The molecular weight excluding hydrogens is 709 g/mol. The number of nitrogens with zero attached hydrogens (tertiary/aromatic N) is 3. The first-order chi connectivity index (χ1) is 26.6. The second kappa shape index (κ2) is 22.6. The number of esters is 1. The Hall–Kier alpha value is -4.90. The number of amides is 3. The van der Waals surface area contributed by atoms with Gasteiger partial charge in [0.25, 0.3) is 0 Å². The van der Waals surface area contributed by atoms with E-state index in [1.165, 1.54) is 15.4 Å². The first kappa shape index (κ1) is 45.5. The Labute approximate surface area is 334 Å². The van der Waals surface area contributed by atoms with Gasteiger partial charge in [-0.15, -0.1) is 0 Å². The van der Waals surface area contributed by atoms with Crippen LogP contribution in [0.3, 0.4) is 0 Å². The molecule has 1 unspecified atom stereocenters. The molecule has 0 saturated heterocycles. The fourth-order valence-corrected chi connectivity index (χ4v) is 6.23. The zero-order chi connectivity index (χ0) is 41.3. The van der Waals surface area contributed by atoms with Gasteiger partial charge in [0.15, 0.2) is 0 Å². The van der Waals surface area contributed by atoms with Gasteiger partial charge in [0.1, 0.15) is 17.1 Å². The maximum atomic E-state index is 14.2. The molecule has 0 aromatic heterocycles. The minimum absolute atomic E-state index is 0.00521. The molecule has 0 aliphatic carbocycles. The highest BCUT2D eigenvalue weighted by Gasteiger charge is 2.28. The van der Waals surface area contributed by atoms with Gasteiger partial charge in [-0.2, -0.15) is 0 Å². The predicted molar refractivity (Wildman–Crippen MR) is 220 cm³/mol. The van der Waals surface area contributed by atoms with Crippen LogP contribution in [-0.4, -0.2) is 104 Å². The Kier molecular flexibility index (Phi) is 18.4. The first-order valence-electron chi connectivity index (χ1n) is 19.7. The Balaban J connectivity index is 1.86. The molecule has 306 valence electrons. The maximum Gasteiger partial charge on any atom is 0.308 e. The molecule has 0 saturated carbocycles. The summed E-state index contributed by atoms with van der Waals surface area (Å²) in [4.78, 5) is 60.2. The van der Waals surface area contributed by atoms with Crippen molar-refractivity contribution >= 4 is 23.7 Å². The third-order valence-corrected chi connectivity index (χ3v) is 9.09. The normalized spacial score (nSPS) is 12.0. The van der Waals surface area contributed by atoms with Gasteiger partial charge >= 0.3 is 5.97 Å². The average Bonchev–Trinajstić information content (AvgIpc) is 3.15. The molecule has 56 heavy (non-hydrogen) atoms. The Morgan fingerprint density at radius 2 is 1.36 bits per heavy atom. The van der Waals surface area contributed by atoms with Crippen LogP contribution in [0.5, 0.6) is 11.5 Å². The molecule has 0 heterocycles. The molecule has 1 N–H and O–H groups in total. The van der Waals surface area contributed by atoms with Gasteiger partial charge in [0, 0.05) is 31.3 Å². The molecule has 3 rings (SSSR count). The molecule has 0 bridgehead atoms. The summed E-state index contributed by atoms with van der Waals surface area (Å²) in [6, 6.07) is 24.5. The minimum Gasteiger partial charge on any atom is -0.497 e. The van der Waals surface area contributed by atoms with Gasteiger partial charge in [-0.1, -0.05) is 88.4 Å². The van der Waals surface area contributed by atoms with E-state index in [4.69, 9.17) is 14.2 Å². The molecule has 3 amide bonds. The minimum atomic E-state index is -0.693. The van der Waals surface area contributed by atoms with Crippen LogP contribution in [0.15, 0.2) is 78.9 Å². The molecule has 3 aromatic carbocycles. The topological polar surface area (TPSA) is 118 Å². The van der Waals surface area contributed by atoms with E-state index in [2.05, 4.69) is 36.2 Å². The predicted octanol–water partition coefficient (Wildman–Crippen LogP) is 6.55. The van der Waals surface area contributed by atoms with Gasteiger partial charge in [-0.3, -0.25) is 24.1 Å². The number of carbonyl (C=O) groups is 4. The number of benzene rings is 3. The lowest BCUT2D eigenvalue weighted by atomic mass is 9.97. The molecule has 0 spiro atoms. The SMILES string of the molecule is COc1ccc(C(NC(=O)CN(CC(C)C)C(=O)CN(CCC(=O)OC(C)(C)C)C(=O)CN(CCc2ccccc2)CCC(C)C)c2ccccc2)c(OC)c1. The van der Waals surface area contributed by atoms with Crippen LogP contribution >= 0.6 is 0 Å². The summed E-state index contributed by atoms with van der Waals surface area (Å²) < 4.78 is 16.6. The lowest BCUT2D eigenvalue weighted by Gasteiger charge is -2.31. The largest absolute Gasteiger partial charge is 0.497 e. The lowest BCUT2D eigenvalue weighted by Crippen LogP contribution is -2.50. The van der Waals surface area contributed by atoms with E-state index in [-0.39, 0.29) is 56.2 Å². The van der Waals surface area contributed by atoms with E-state index in [1.54, 1.807) is 41.1 Å². The van der Waals surface area contributed by atoms with Crippen LogP contribution in [0, 0.1) is 11.8 Å². The number of nitrogens with one attached hydrogen (secondary N) is 1. The summed E-state index contributed by atoms with van der Waals surface area (Å²) in [6.07, 6.45) is 1.61. The van der Waals surface area contributed by atoms with Crippen molar-refractivity contribution in [3.05, 3.63) is 95.6 Å². The van der Waals surface area contributed by atoms with E-state index in [0.29, 0.717) is 37.1 Å². The monoisotopic (exact) mass is 772 g/mol. The van der Waals surface area contributed by atoms with Gasteiger partial charge < -0.3 is 29.3 Å². The lowest BCUT2D eigenvalue weighted by molar-refractivity contribution is -0.156. The summed E-state index contributed by atoms with van der Waals surface area (Å²) in [5, 5.41) is 3.13. The van der Waals surface area contributed by atoms with Crippen molar-refractivity contribution < 1.29 is 33.4 Å². The summed E-state index contributed by atoms with van der Waals surface area (Å²) in [5.41, 5.74) is 2.04. The quantitative estimate of drug-likeness (QED) is 0.115. The van der Waals surface area contributed by atoms with Crippen LogP contribution in [0.4, 0.5) is 0 Å². The van der Waals surface area contributed by atoms with Crippen molar-refractivity contribution in [3.8, 4) is 11.5 Å². The van der Waals surface area contributed by atoms with E-state index in [1.807, 2.05) is 74.5 Å². The van der Waals surface area contributed by atoms with Crippen LogP contribution < -0.4 is 14.8 Å². The number of methoxy groups -OCH3 is 2. The van der Waals surface area contributed by atoms with Crippen molar-refractivity contribution in [3.63, 3.8) is 0 Å². The fraction of sp³-hybridized carbons (Fsp3) is 0.511. The molecule has 3 aromatic rings. The summed E-state index contributed by atoms with van der Waals surface area (Å²) in [5.74, 6) is 0.152. The maximum absolute atomic E-state index is 14.2. The third-order valence-electron chi connectivity index (χ3n) is 9.09. The van der Waals surface area contributed by atoms with E-state index < -0.39 is 17.6 Å². The van der Waals surface area contributed by atoms with Crippen molar-refractivity contribution in [2.75, 3.05) is 60.0 Å². The molecule has 0 radical (unpaired) electrons. The zero-order valence-electron chi connectivity index (χ0n) is 35.0. The highest BCUT2D eigenvalue weighted by molar-refractivity contribution is 5.89. The summed E-state index contributed by atoms with van der Waals surface area (Å²) >= 11 is 0. The van der Waals surface area contributed by atoms with Gasteiger partial charge in [-0.05, 0) is 75.3 Å². The third kappa shape index (κ3) is 16.1. The van der Waals surface area contributed by atoms with Crippen LogP contribution in [0.25, 0.3) is 0 Å². The standard InChI is InChI=1S/C45H64N4O7/c1-33(2)22-25-47(26-23-35-16-12-10-13-17-35)31-41(51)48(27-24-43(53)56-45(5,6)7)32-42(52)49(29-34(3)4)30-40(50)46-44(36-18-14-11-15-19-36)38-21-20-37(54-8)28-39(38)55-9/h10-21,28,33-34,44H,22-27,29-32H2,1-9H3,(H,46,50). The second-order valence-electron chi connectivity index (χ2n) is 16.0. The van der Waals surface area contributed by atoms with E-state index in [9.17, 15) is 19.2 Å². The van der Waals surface area contributed by atoms with Crippen molar-refractivity contribution in [1.29, 1.82) is 0 Å². The zero-order valence-corrected chi connectivity index (χ0v) is 35.0. The Morgan fingerprint density at radius 1 is 0.714 bits per heavy atom.